The van der Waals surface area contributed by atoms with E-state index < -0.39 is 0 Å². The SMILES string of the molecule is COc1ccc(-c2cn3cccc(Cl)c3n2)c(Br)c1. The molecule has 0 bridgehead atoms. The fraction of sp³-hybridized carbons (Fsp3) is 0.0714. The van der Waals surface area contributed by atoms with Gasteiger partial charge >= 0.3 is 0 Å². The number of benzene rings is 1. The van der Waals surface area contributed by atoms with Gasteiger partial charge in [0.05, 0.1) is 17.8 Å². The molecular weight excluding hydrogens is 328 g/mol. The Labute approximate surface area is 123 Å². The van der Waals surface area contributed by atoms with Gasteiger partial charge in [0.25, 0.3) is 0 Å². The largest absolute Gasteiger partial charge is 0.497 e. The van der Waals surface area contributed by atoms with Gasteiger partial charge in [0, 0.05) is 22.4 Å². The molecule has 5 heteroatoms. The van der Waals surface area contributed by atoms with Crippen molar-refractivity contribution < 1.29 is 4.74 Å². The van der Waals surface area contributed by atoms with Crippen molar-refractivity contribution in [3.05, 3.63) is 52.2 Å². The smallest absolute Gasteiger partial charge is 0.156 e. The monoisotopic (exact) mass is 336 g/mol. The van der Waals surface area contributed by atoms with Crippen LogP contribution < -0.4 is 4.74 Å². The maximum Gasteiger partial charge on any atom is 0.156 e. The first-order valence-electron chi connectivity index (χ1n) is 5.66. The number of pyridine rings is 1. The number of hydrogen-bond donors (Lipinski definition) is 0. The molecule has 0 atom stereocenters. The molecule has 0 aliphatic heterocycles. The summed E-state index contributed by atoms with van der Waals surface area (Å²) < 4.78 is 8.03. The Kier molecular flexibility index (Phi) is 3.21. The Morgan fingerprint density at radius 3 is 2.84 bits per heavy atom. The number of halogens is 2. The summed E-state index contributed by atoms with van der Waals surface area (Å²) >= 11 is 9.67. The molecule has 0 spiro atoms. The van der Waals surface area contributed by atoms with E-state index in [1.807, 2.05) is 47.1 Å². The zero-order valence-electron chi connectivity index (χ0n) is 10.1. The van der Waals surface area contributed by atoms with E-state index in [9.17, 15) is 0 Å². The van der Waals surface area contributed by atoms with E-state index in [-0.39, 0.29) is 0 Å². The lowest BCUT2D eigenvalue weighted by Crippen LogP contribution is -1.85. The molecule has 2 heterocycles. The number of ether oxygens (including phenoxy) is 1. The zero-order valence-corrected chi connectivity index (χ0v) is 12.4. The normalized spacial score (nSPS) is 10.9. The Morgan fingerprint density at radius 1 is 1.32 bits per heavy atom. The molecule has 96 valence electrons. The summed E-state index contributed by atoms with van der Waals surface area (Å²) in [5.41, 5.74) is 2.62. The number of fused-ring (bicyclic) bond motifs is 1. The standard InChI is InChI=1S/C14H10BrClN2O/c1-19-9-4-5-10(11(15)7-9)13-8-18-6-2-3-12(16)14(18)17-13/h2-8H,1H3. The van der Waals surface area contributed by atoms with Crippen LogP contribution in [0.15, 0.2) is 47.2 Å². The van der Waals surface area contributed by atoms with E-state index in [1.54, 1.807) is 7.11 Å². The average Bonchev–Trinajstić information content (AvgIpc) is 2.83. The molecular formula is C14H10BrClN2O. The van der Waals surface area contributed by atoms with E-state index >= 15 is 0 Å². The molecule has 3 rings (SSSR count). The summed E-state index contributed by atoms with van der Waals surface area (Å²) in [7, 11) is 1.64. The number of imidazole rings is 1. The second kappa shape index (κ2) is 4.87. The summed E-state index contributed by atoms with van der Waals surface area (Å²) in [6.07, 6.45) is 3.88. The minimum absolute atomic E-state index is 0.637. The van der Waals surface area contributed by atoms with Crippen LogP contribution in [0.5, 0.6) is 5.75 Å². The van der Waals surface area contributed by atoms with Gasteiger partial charge in [0.1, 0.15) is 5.75 Å². The van der Waals surface area contributed by atoms with E-state index in [0.29, 0.717) is 5.02 Å². The first-order valence-corrected chi connectivity index (χ1v) is 6.83. The Bertz CT molecular complexity index is 754. The zero-order chi connectivity index (χ0) is 13.4. The first-order chi connectivity index (χ1) is 9.19. The highest BCUT2D eigenvalue weighted by molar-refractivity contribution is 9.10. The molecule has 19 heavy (non-hydrogen) atoms. The van der Waals surface area contributed by atoms with Gasteiger partial charge in [-0.25, -0.2) is 4.98 Å². The van der Waals surface area contributed by atoms with E-state index in [4.69, 9.17) is 16.3 Å². The quantitative estimate of drug-likeness (QED) is 0.692. The second-order valence-electron chi connectivity index (χ2n) is 4.06. The Hall–Kier alpha value is -1.52. The number of methoxy groups -OCH3 is 1. The van der Waals surface area contributed by atoms with Crippen molar-refractivity contribution in [3.63, 3.8) is 0 Å². The molecule has 0 aliphatic rings. The van der Waals surface area contributed by atoms with Crippen molar-refractivity contribution in [2.45, 2.75) is 0 Å². The third kappa shape index (κ3) is 2.22. The van der Waals surface area contributed by atoms with Crippen LogP contribution >= 0.6 is 27.5 Å². The van der Waals surface area contributed by atoms with E-state index in [0.717, 1.165) is 27.1 Å². The third-order valence-electron chi connectivity index (χ3n) is 2.89. The fourth-order valence-corrected chi connectivity index (χ4v) is 2.71. The van der Waals surface area contributed by atoms with Crippen LogP contribution in [0.3, 0.4) is 0 Å². The Balaban J connectivity index is 2.16. The van der Waals surface area contributed by atoms with E-state index in [1.165, 1.54) is 0 Å². The molecule has 3 aromatic rings. The lowest BCUT2D eigenvalue weighted by atomic mass is 10.1. The maximum absolute atomic E-state index is 6.13. The summed E-state index contributed by atoms with van der Waals surface area (Å²) in [5.74, 6) is 0.803. The minimum atomic E-state index is 0.637. The first kappa shape index (κ1) is 12.5. The van der Waals surface area contributed by atoms with Crippen LogP contribution in [0.4, 0.5) is 0 Å². The lowest BCUT2D eigenvalue weighted by molar-refractivity contribution is 0.414. The van der Waals surface area contributed by atoms with Crippen molar-refractivity contribution in [1.82, 2.24) is 9.38 Å². The van der Waals surface area contributed by atoms with E-state index in [2.05, 4.69) is 20.9 Å². The van der Waals surface area contributed by atoms with Crippen LogP contribution in [0.1, 0.15) is 0 Å². The molecule has 0 saturated heterocycles. The summed E-state index contributed by atoms with van der Waals surface area (Å²) in [6.45, 7) is 0. The fourth-order valence-electron chi connectivity index (χ4n) is 1.94. The number of aromatic nitrogens is 2. The van der Waals surface area contributed by atoms with Crippen LogP contribution in [0.25, 0.3) is 16.9 Å². The molecule has 0 N–H and O–H groups in total. The Morgan fingerprint density at radius 2 is 2.16 bits per heavy atom. The van der Waals surface area contributed by atoms with Crippen molar-refractivity contribution in [2.24, 2.45) is 0 Å². The number of rotatable bonds is 2. The topological polar surface area (TPSA) is 26.5 Å². The molecule has 0 amide bonds. The van der Waals surface area contributed by atoms with Gasteiger partial charge in [-0.1, -0.05) is 11.6 Å². The summed E-state index contributed by atoms with van der Waals surface area (Å²) in [6, 6.07) is 9.52. The van der Waals surface area contributed by atoms with Crippen LogP contribution in [0.2, 0.25) is 5.02 Å². The minimum Gasteiger partial charge on any atom is -0.497 e. The molecule has 0 saturated carbocycles. The average molecular weight is 338 g/mol. The van der Waals surface area contributed by atoms with Crippen molar-refractivity contribution >= 4 is 33.2 Å². The van der Waals surface area contributed by atoms with Crippen LogP contribution in [-0.2, 0) is 0 Å². The maximum atomic E-state index is 6.13. The summed E-state index contributed by atoms with van der Waals surface area (Å²) in [5, 5.41) is 0.637. The molecule has 2 aromatic heterocycles. The highest BCUT2D eigenvalue weighted by atomic mass is 79.9. The van der Waals surface area contributed by atoms with Crippen molar-refractivity contribution in [1.29, 1.82) is 0 Å². The molecule has 0 aliphatic carbocycles. The molecule has 0 fully saturated rings. The van der Waals surface area contributed by atoms with Crippen LogP contribution in [0, 0.1) is 0 Å². The second-order valence-corrected chi connectivity index (χ2v) is 5.32. The highest BCUT2D eigenvalue weighted by Crippen LogP contribution is 2.31. The van der Waals surface area contributed by atoms with Gasteiger partial charge in [-0.3, -0.25) is 0 Å². The third-order valence-corrected chi connectivity index (χ3v) is 3.84. The molecule has 3 nitrogen and oxygen atoms in total. The molecule has 0 unspecified atom stereocenters. The highest BCUT2D eigenvalue weighted by Gasteiger charge is 2.10. The lowest BCUT2D eigenvalue weighted by Gasteiger charge is -2.04. The van der Waals surface area contributed by atoms with Crippen molar-refractivity contribution in [3.8, 4) is 17.0 Å². The van der Waals surface area contributed by atoms with Gasteiger partial charge in [0.15, 0.2) is 5.65 Å². The molecule has 0 radical (unpaired) electrons. The molecule has 1 aromatic carbocycles. The summed E-state index contributed by atoms with van der Waals surface area (Å²) in [4.78, 5) is 4.56. The van der Waals surface area contributed by atoms with Gasteiger partial charge in [-0.05, 0) is 46.3 Å². The van der Waals surface area contributed by atoms with Gasteiger partial charge < -0.3 is 9.14 Å². The van der Waals surface area contributed by atoms with Crippen molar-refractivity contribution in [2.75, 3.05) is 7.11 Å². The predicted octanol–water partition coefficient (Wildman–Crippen LogP) is 4.43. The predicted molar refractivity (Wildman–Crippen MR) is 79.9 cm³/mol. The van der Waals surface area contributed by atoms with Gasteiger partial charge in [-0.15, -0.1) is 0 Å². The van der Waals surface area contributed by atoms with Crippen LogP contribution in [-0.4, -0.2) is 16.5 Å². The number of hydrogen-bond acceptors (Lipinski definition) is 2. The van der Waals surface area contributed by atoms with Gasteiger partial charge in [-0.2, -0.15) is 0 Å². The number of nitrogens with zero attached hydrogens (tertiary/aromatic N) is 2. The van der Waals surface area contributed by atoms with Gasteiger partial charge in [0.2, 0.25) is 0 Å².